The molecule has 0 saturated carbocycles. The summed E-state index contributed by atoms with van der Waals surface area (Å²) in [5, 5.41) is 2.71. The molecule has 0 aromatic heterocycles. The predicted octanol–water partition coefficient (Wildman–Crippen LogP) is 3.65. The number of nitrogens with one attached hydrogen (secondary N) is 1. The van der Waals surface area contributed by atoms with E-state index in [1.165, 1.54) is 16.4 Å². The van der Waals surface area contributed by atoms with E-state index in [1.807, 2.05) is 0 Å². The van der Waals surface area contributed by atoms with E-state index in [4.69, 9.17) is 4.74 Å². The number of carbonyl (C=O) groups is 1. The van der Waals surface area contributed by atoms with Gasteiger partial charge in [0.05, 0.1) is 10.9 Å². The van der Waals surface area contributed by atoms with Crippen molar-refractivity contribution < 1.29 is 26.7 Å². The van der Waals surface area contributed by atoms with Crippen LogP contribution in [0.3, 0.4) is 0 Å². The Morgan fingerprint density at radius 3 is 2.52 bits per heavy atom. The Labute approximate surface area is 181 Å². The second-order valence-corrected chi connectivity index (χ2v) is 9.61. The fourth-order valence-electron chi connectivity index (χ4n) is 3.42. The largest absolute Gasteiger partial charge is 0.488 e. The van der Waals surface area contributed by atoms with Crippen LogP contribution in [-0.2, 0) is 10.0 Å². The SMILES string of the molecule is Cc1ccc(C(=O)NC(C)COc2ccc(F)cc2F)cc1S(=O)(=O)N1CCCCC1. The number of hydrogen-bond acceptors (Lipinski definition) is 4. The van der Waals surface area contributed by atoms with Crippen LogP contribution in [0, 0.1) is 18.6 Å². The maximum absolute atomic E-state index is 13.7. The molecule has 0 bridgehead atoms. The molecular formula is C22H26F2N2O4S. The van der Waals surface area contributed by atoms with Crippen molar-refractivity contribution in [2.24, 2.45) is 0 Å². The molecule has 1 N–H and O–H groups in total. The molecule has 1 saturated heterocycles. The highest BCUT2D eigenvalue weighted by Gasteiger charge is 2.28. The molecule has 1 unspecified atom stereocenters. The highest BCUT2D eigenvalue weighted by molar-refractivity contribution is 7.89. The number of piperidine rings is 1. The van der Waals surface area contributed by atoms with Crippen molar-refractivity contribution in [1.29, 1.82) is 0 Å². The van der Waals surface area contributed by atoms with Crippen LogP contribution in [0.1, 0.15) is 42.1 Å². The molecule has 0 aliphatic carbocycles. The normalized spacial score (nSPS) is 16.0. The van der Waals surface area contributed by atoms with E-state index in [0.717, 1.165) is 31.4 Å². The van der Waals surface area contributed by atoms with Crippen LogP contribution in [-0.4, -0.2) is 44.4 Å². The average molecular weight is 453 g/mol. The van der Waals surface area contributed by atoms with E-state index in [1.54, 1.807) is 26.0 Å². The number of amides is 1. The summed E-state index contributed by atoms with van der Waals surface area (Å²) in [5.41, 5.74) is 0.784. The Kier molecular flexibility index (Phi) is 7.27. The molecule has 168 valence electrons. The van der Waals surface area contributed by atoms with E-state index >= 15 is 0 Å². The molecule has 3 rings (SSSR count). The fourth-order valence-corrected chi connectivity index (χ4v) is 5.19. The molecule has 1 amide bonds. The first-order valence-electron chi connectivity index (χ1n) is 10.2. The van der Waals surface area contributed by atoms with Crippen molar-refractivity contribution in [3.8, 4) is 5.75 Å². The lowest BCUT2D eigenvalue weighted by molar-refractivity contribution is 0.0926. The summed E-state index contributed by atoms with van der Waals surface area (Å²) < 4.78 is 59.5. The van der Waals surface area contributed by atoms with Crippen molar-refractivity contribution >= 4 is 15.9 Å². The number of carbonyl (C=O) groups excluding carboxylic acids is 1. The molecule has 6 nitrogen and oxygen atoms in total. The van der Waals surface area contributed by atoms with Crippen LogP contribution in [0.15, 0.2) is 41.3 Å². The molecular weight excluding hydrogens is 426 g/mol. The Bertz CT molecular complexity index is 1050. The topological polar surface area (TPSA) is 75.7 Å². The number of hydrogen-bond donors (Lipinski definition) is 1. The second kappa shape index (κ2) is 9.74. The standard InChI is InChI=1S/C22H26F2N2O4S/c1-15-6-7-17(12-21(15)31(28,29)26-10-4-3-5-11-26)22(27)25-16(2)14-30-20-9-8-18(23)13-19(20)24/h6-9,12-13,16H,3-5,10-11,14H2,1-2H3,(H,25,27). The smallest absolute Gasteiger partial charge is 0.251 e. The third-order valence-electron chi connectivity index (χ3n) is 5.14. The number of benzene rings is 2. The van der Waals surface area contributed by atoms with E-state index in [9.17, 15) is 22.0 Å². The summed E-state index contributed by atoms with van der Waals surface area (Å²) in [6.07, 6.45) is 2.66. The van der Waals surface area contributed by atoms with Crippen molar-refractivity contribution in [3.05, 3.63) is 59.2 Å². The molecule has 1 atom stereocenters. The Balaban J connectivity index is 1.68. The highest BCUT2D eigenvalue weighted by Crippen LogP contribution is 2.24. The minimum Gasteiger partial charge on any atom is -0.488 e. The van der Waals surface area contributed by atoms with Crippen molar-refractivity contribution in [3.63, 3.8) is 0 Å². The molecule has 0 spiro atoms. The first kappa shape index (κ1) is 23.1. The first-order chi connectivity index (χ1) is 14.7. The number of rotatable bonds is 7. The zero-order chi connectivity index (χ0) is 22.6. The Morgan fingerprint density at radius 2 is 1.84 bits per heavy atom. The number of sulfonamides is 1. The summed E-state index contributed by atoms with van der Waals surface area (Å²) in [6.45, 7) is 4.28. The van der Waals surface area contributed by atoms with Gasteiger partial charge in [0.2, 0.25) is 10.0 Å². The number of nitrogens with zero attached hydrogens (tertiary/aromatic N) is 1. The molecule has 9 heteroatoms. The molecule has 1 heterocycles. The molecule has 31 heavy (non-hydrogen) atoms. The molecule has 2 aromatic carbocycles. The second-order valence-electron chi connectivity index (χ2n) is 7.71. The van der Waals surface area contributed by atoms with E-state index in [2.05, 4.69) is 5.32 Å². The van der Waals surface area contributed by atoms with Gasteiger partial charge in [-0.15, -0.1) is 0 Å². The van der Waals surface area contributed by atoms with Crippen LogP contribution in [0.2, 0.25) is 0 Å². The summed E-state index contributed by atoms with van der Waals surface area (Å²) in [6, 6.07) is 7.04. The van der Waals surface area contributed by atoms with Gasteiger partial charge >= 0.3 is 0 Å². The third kappa shape index (κ3) is 5.59. The summed E-state index contributed by atoms with van der Waals surface area (Å²) in [5.74, 6) is -2.12. The van der Waals surface area contributed by atoms with Gasteiger partial charge in [0.15, 0.2) is 11.6 Å². The molecule has 1 aliphatic rings. The lowest BCUT2D eigenvalue weighted by Gasteiger charge is -2.26. The van der Waals surface area contributed by atoms with Gasteiger partial charge in [-0.1, -0.05) is 12.5 Å². The van der Waals surface area contributed by atoms with Crippen molar-refractivity contribution in [1.82, 2.24) is 9.62 Å². The third-order valence-corrected chi connectivity index (χ3v) is 7.18. The lowest BCUT2D eigenvalue weighted by atomic mass is 10.1. The minimum absolute atomic E-state index is 0.0426. The van der Waals surface area contributed by atoms with Gasteiger partial charge in [-0.2, -0.15) is 4.31 Å². The van der Waals surface area contributed by atoms with E-state index in [0.29, 0.717) is 18.7 Å². The number of ether oxygens (including phenoxy) is 1. The van der Waals surface area contributed by atoms with Gasteiger partial charge in [0.1, 0.15) is 12.4 Å². The summed E-state index contributed by atoms with van der Waals surface area (Å²) >= 11 is 0. The Morgan fingerprint density at radius 1 is 1.13 bits per heavy atom. The van der Waals surface area contributed by atoms with Crippen molar-refractivity contribution in [2.75, 3.05) is 19.7 Å². The zero-order valence-electron chi connectivity index (χ0n) is 17.5. The lowest BCUT2D eigenvalue weighted by Crippen LogP contribution is -2.37. The van der Waals surface area contributed by atoms with Gasteiger partial charge in [-0.3, -0.25) is 4.79 Å². The van der Waals surface area contributed by atoms with E-state index < -0.39 is 33.6 Å². The molecule has 0 radical (unpaired) electrons. The fraction of sp³-hybridized carbons (Fsp3) is 0.409. The van der Waals surface area contributed by atoms with Crippen LogP contribution < -0.4 is 10.1 Å². The minimum atomic E-state index is -3.68. The van der Waals surface area contributed by atoms with Crippen LogP contribution in [0.25, 0.3) is 0 Å². The number of aryl methyl sites for hydroxylation is 1. The van der Waals surface area contributed by atoms with E-state index in [-0.39, 0.29) is 22.8 Å². The Hall–Kier alpha value is -2.52. The number of halogens is 2. The van der Waals surface area contributed by atoms with Gasteiger partial charge in [-0.25, -0.2) is 17.2 Å². The predicted molar refractivity (Wildman–Crippen MR) is 113 cm³/mol. The molecule has 2 aromatic rings. The highest BCUT2D eigenvalue weighted by atomic mass is 32.2. The summed E-state index contributed by atoms with van der Waals surface area (Å²) in [7, 11) is -3.68. The molecule has 1 aliphatic heterocycles. The van der Waals surface area contributed by atoms with Gasteiger partial charge in [0.25, 0.3) is 5.91 Å². The van der Waals surface area contributed by atoms with Gasteiger partial charge in [0, 0.05) is 24.7 Å². The first-order valence-corrected chi connectivity index (χ1v) is 11.6. The maximum Gasteiger partial charge on any atom is 0.251 e. The van der Waals surface area contributed by atoms with Crippen molar-refractivity contribution in [2.45, 2.75) is 44.0 Å². The van der Waals surface area contributed by atoms with Crippen LogP contribution in [0.4, 0.5) is 8.78 Å². The average Bonchev–Trinajstić information content (AvgIpc) is 2.74. The monoisotopic (exact) mass is 452 g/mol. The van der Waals surface area contributed by atoms with Gasteiger partial charge in [-0.05, 0) is 56.5 Å². The van der Waals surface area contributed by atoms with Crippen LogP contribution >= 0.6 is 0 Å². The van der Waals surface area contributed by atoms with Gasteiger partial charge < -0.3 is 10.1 Å². The summed E-state index contributed by atoms with van der Waals surface area (Å²) in [4.78, 5) is 12.8. The maximum atomic E-state index is 13.7. The quantitative estimate of drug-likeness (QED) is 0.696. The molecule has 1 fully saturated rings. The zero-order valence-corrected chi connectivity index (χ0v) is 18.3. The van der Waals surface area contributed by atoms with Crippen LogP contribution in [0.5, 0.6) is 5.75 Å².